The number of methoxy groups -OCH3 is 1. The van der Waals surface area contributed by atoms with Crippen LogP contribution in [0.1, 0.15) is 19.4 Å². The highest BCUT2D eigenvalue weighted by Crippen LogP contribution is 2.30. The number of carbonyl (C=O) groups excluding carboxylic acids is 3. The minimum Gasteiger partial charge on any atom is -0.492 e. The van der Waals surface area contributed by atoms with Crippen LogP contribution >= 0.6 is 0 Å². The van der Waals surface area contributed by atoms with Crippen molar-refractivity contribution in [3.05, 3.63) is 23.8 Å². The zero-order valence-corrected chi connectivity index (χ0v) is 14.0. The second-order valence-corrected chi connectivity index (χ2v) is 5.97. The van der Waals surface area contributed by atoms with E-state index in [1.54, 1.807) is 12.1 Å². The van der Waals surface area contributed by atoms with Crippen molar-refractivity contribution in [2.24, 2.45) is 11.8 Å². The fraction of sp³-hybridized carbons (Fsp3) is 0.471. The second-order valence-electron chi connectivity index (χ2n) is 5.97. The third-order valence-electron chi connectivity index (χ3n) is 3.76. The van der Waals surface area contributed by atoms with Gasteiger partial charge >= 0.3 is 5.97 Å². The highest BCUT2D eigenvalue weighted by molar-refractivity contribution is 5.92. The molecule has 0 saturated heterocycles. The molecule has 2 amide bonds. The van der Waals surface area contributed by atoms with Crippen LogP contribution in [0.25, 0.3) is 0 Å². The van der Waals surface area contributed by atoms with Gasteiger partial charge in [0.25, 0.3) is 0 Å². The van der Waals surface area contributed by atoms with Crippen LogP contribution in [0.4, 0.5) is 5.69 Å². The van der Waals surface area contributed by atoms with Crippen molar-refractivity contribution in [3.8, 4) is 5.75 Å². The van der Waals surface area contributed by atoms with Gasteiger partial charge in [0.1, 0.15) is 18.9 Å². The van der Waals surface area contributed by atoms with E-state index in [1.807, 2.05) is 19.9 Å². The molecule has 0 saturated carbocycles. The lowest BCUT2D eigenvalue weighted by Gasteiger charge is -2.25. The topological polar surface area (TPSA) is 93.7 Å². The van der Waals surface area contributed by atoms with Crippen molar-refractivity contribution in [1.82, 2.24) is 5.32 Å². The van der Waals surface area contributed by atoms with Crippen LogP contribution in [0.15, 0.2) is 18.2 Å². The smallest absolute Gasteiger partial charge is 0.325 e. The van der Waals surface area contributed by atoms with Crippen LogP contribution in [0.2, 0.25) is 0 Å². The summed E-state index contributed by atoms with van der Waals surface area (Å²) in [4.78, 5) is 35.0. The Bertz CT molecular complexity index is 642. The molecule has 1 heterocycles. The van der Waals surface area contributed by atoms with Crippen molar-refractivity contribution in [1.29, 1.82) is 0 Å². The fourth-order valence-corrected chi connectivity index (χ4v) is 2.30. The molecule has 1 aliphatic heterocycles. The standard InChI is InChI=1S/C17H22N2O5/c1-10(2)16(21)19-13-4-5-14-11(7-13)6-12(9-24-14)17(22)18-8-15(20)23-3/h4-5,7,10,12H,6,8-9H2,1-3H3,(H,18,22)(H,19,21). The SMILES string of the molecule is COC(=O)CNC(=O)C1COc2ccc(NC(=O)C(C)C)cc2C1. The Labute approximate surface area is 140 Å². The average Bonchev–Trinajstić information content (AvgIpc) is 2.58. The average molecular weight is 334 g/mol. The number of anilines is 1. The quantitative estimate of drug-likeness (QED) is 0.787. The number of rotatable bonds is 5. The van der Waals surface area contributed by atoms with E-state index in [-0.39, 0.29) is 30.9 Å². The Morgan fingerprint density at radius 2 is 2.08 bits per heavy atom. The molecule has 7 nitrogen and oxygen atoms in total. The molecule has 1 aliphatic rings. The first-order valence-electron chi connectivity index (χ1n) is 7.81. The predicted octanol–water partition coefficient (Wildman–Crippen LogP) is 1.12. The van der Waals surface area contributed by atoms with Crippen LogP contribution in [0, 0.1) is 11.8 Å². The number of hydrogen-bond acceptors (Lipinski definition) is 5. The van der Waals surface area contributed by atoms with Crippen LogP contribution in [0.3, 0.4) is 0 Å². The second kappa shape index (κ2) is 7.81. The minimum absolute atomic E-state index is 0.0703. The lowest BCUT2D eigenvalue weighted by molar-refractivity contribution is -0.141. The van der Waals surface area contributed by atoms with E-state index in [9.17, 15) is 14.4 Å². The summed E-state index contributed by atoms with van der Waals surface area (Å²) < 4.78 is 10.1. The zero-order chi connectivity index (χ0) is 17.7. The number of amides is 2. The van der Waals surface area contributed by atoms with Crippen molar-refractivity contribution in [2.45, 2.75) is 20.3 Å². The first-order chi connectivity index (χ1) is 11.4. The van der Waals surface area contributed by atoms with Crippen LogP contribution in [0.5, 0.6) is 5.75 Å². The molecule has 1 atom stereocenters. The fourth-order valence-electron chi connectivity index (χ4n) is 2.30. The van der Waals surface area contributed by atoms with Gasteiger partial charge in [-0.1, -0.05) is 13.8 Å². The van der Waals surface area contributed by atoms with Crippen LogP contribution in [-0.2, 0) is 25.5 Å². The van der Waals surface area contributed by atoms with Crippen molar-refractivity contribution in [2.75, 3.05) is 25.6 Å². The summed E-state index contributed by atoms with van der Waals surface area (Å²) in [5.74, 6) is -0.636. The van der Waals surface area contributed by atoms with Gasteiger partial charge in [0.15, 0.2) is 0 Å². The van der Waals surface area contributed by atoms with E-state index in [0.29, 0.717) is 17.9 Å². The van der Waals surface area contributed by atoms with Crippen molar-refractivity contribution < 1.29 is 23.9 Å². The molecule has 2 N–H and O–H groups in total. The summed E-state index contributed by atoms with van der Waals surface area (Å²) in [5.41, 5.74) is 1.52. The van der Waals surface area contributed by atoms with E-state index in [4.69, 9.17) is 4.74 Å². The van der Waals surface area contributed by atoms with E-state index < -0.39 is 11.9 Å². The Kier molecular flexibility index (Phi) is 5.78. The van der Waals surface area contributed by atoms with Gasteiger partial charge in [0.05, 0.1) is 13.0 Å². The molecule has 130 valence electrons. The number of carbonyl (C=O) groups is 3. The molecule has 0 bridgehead atoms. The van der Waals surface area contributed by atoms with Gasteiger partial charge in [-0.3, -0.25) is 14.4 Å². The third-order valence-corrected chi connectivity index (χ3v) is 3.76. The number of benzene rings is 1. The number of nitrogens with one attached hydrogen (secondary N) is 2. The van der Waals surface area contributed by atoms with Crippen LogP contribution in [-0.4, -0.2) is 38.0 Å². The van der Waals surface area contributed by atoms with Crippen LogP contribution < -0.4 is 15.4 Å². The van der Waals surface area contributed by atoms with Gasteiger partial charge in [-0.15, -0.1) is 0 Å². The normalized spacial score (nSPS) is 15.9. The molecule has 0 aromatic heterocycles. The molecule has 24 heavy (non-hydrogen) atoms. The minimum atomic E-state index is -0.501. The van der Waals surface area contributed by atoms with Gasteiger partial charge in [-0.05, 0) is 30.2 Å². The van der Waals surface area contributed by atoms with Gasteiger partial charge in [0.2, 0.25) is 11.8 Å². The molecule has 0 fully saturated rings. The monoisotopic (exact) mass is 334 g/mol. The van der Waals surface area contributed by atoms with Crippen molar-refractivity contribution >= 4 is 23.5 Å². The molecule has 0 radical (unpaired) electrons. The number of hydrogen-bond donors (Lipinski definition) is 2. The number of fused-ring (bicyclic) bond motifs is 1. The summed E-state index contributed by atoms with van der Waals surface area (Å²) in [6.07, 6.45) is 0.480. The van der Waals surface area contributed by atoms with Crippen molar-refractivity contribution in [3.63, 3.8) is 0 Å². The highest BCUT2D eigenvalue weighted by atomic mass is 16.5. The molecule has 1 aromatic carbocycles. The zero-order valence-electron chi connectivity index (χ0n) is 14.0. The lowest BCUT2D eigenvalue weighted by atomic mass is 9.95. The number of ether oxygens (including phenoxy) is 2. The summed E-state index contributed by atoms with van der Waals surface area (Å²) >= 11 is 0. The molecular formula is C17H22N2O5. The third kappa shape index (κ3) is 4.47. The van der Waals surface area contributed by atoms with E-state index in [0.717, 1.165) is 5.56 Å². The largest absolute Gasteiger partial charge is 0.492 e. The number of esters is 1. The summed E-state index contributed by atoms with van der Waals surface area (Å²) in [6, 6.07) is 5.37. The maximum atomic E-state index is 12.1. The Morgan fingerprint density at radius 3 is 2.75 bits per heavy atom. The summed E-state index contributed by atoms with van der Waals surface area (Å²) in [7, 11) is 1.27. The lowest BCUT2D eigenvalue weighted by Crippen LogP contribution is -2.39. The van der Waals surface area contributed by atoms with Gasteiger partial charge in [-0.25, -0.2) is 0 Å². The Balaban J connectivity index is 2.02. The molecule has 2 rings (SSSR count). The maximum Gasteiger partial charge on any atom is 0.325 e. The Hall–Kier alpha value is -2.57. The first-order valence-corrected chi connectivity index (χ1v) is 7.81. The molecule has 0 aliphatic carbocycles. The molecule has 1 unspecified atom stereocenters. The summed E-state index contributed by atoms with van der Waals surface area (Å²) in [6.45, 7) is 3.72. The van der Waals surface area contributed by atoms with Gasteiger partial charge in [0, 0.05) is 11.6 Å². The first kappa shape index (κ1) is 17.8. The molecule has 7 heteroatoms. The highest BCUT2D eigenvalue weighted by Gasteiger charge is 2.26. The predicted molar refractivity (Wildman–Crippen MR) is 87.6 cm³/mol. The van der Waals surface area contributed by atoms with Gasteiger partial charge < -0.3 is 20.1 Å². The summed E-state index contributed by atoms with van der Waals surface area (Å²) in [5, 5.41) is 5.36. The molecular weight excluding hydrogens is 312 g/mol. The Morgan fingerprint density at radius 1 is 1.33 bits per heavy atom. The van der Waals surface area contributed by atoms with E-state index in [2.05, 4.69) is 15.4 Å². The maximum absolute atomic E-state index is 12.1. The molecule has 0 spiro atoms. The van der Waals surface area contributed by atoms with E-state index in [1.165, 1.54) is 7.11 Å². The van der Waals surface area contributed by atoms with E-state index >= 15 is 0 Å². The van der Waals surface area contributed by atoms with Gasteiger partial charge in [-0.2, -0.15) is 0 Å². The molecule has 1 aromatic rings.